The van der Waals surface area contributed by atoms with Gasteiger partial charge in [0.1, 0.15) is 0 Å². The van der Waals surface area contributed by atoms with Gasteiger partial charge in [-0.1, -0.05) is 18.2 Å². The third-order valence-corrected chi connectivity index (χ3v) is 2.25. The predicted molar refractivity (Wildman–Crippen MR) is 65.9 cm³/mol. The zero-order valence-corrected chi connectivity index (χ0v) is 9.37. The van der Waals surface area contributed by atoms with Crippen LogP contribution in [-0.2, 0) is 0 Å². The van der Waals surface area contributed by atoms with Crippen LogP contribution in [0, 0.1) is 0 Å². The molecule has 0 fully saturated rings. The molecule has 1 heterocycles. The molecule has 17 heavy (non-hydrogen) atoms. The maximum absolute atomic E-state index is 11.9. The molecule has 1 aromatic carbocycles. The van der Waals surface area contributed by atoms with Gasteiger partial charge in [0, 0.05) is 25.1 Å². The summed E-state index contributed by atoms with van der Waals surface area (Å²) in [4.78, 5) is 21.2. The monoisotopic (exact) mass is 228 g/mol. The van der Waals surface area contributed by atoms with Crippen molar-refractivity contribution in [1.82, 2.24) is 9.97 Å². The number of carbonyl (C=O) groups is 1. The molecule has 2 rings (SSSR count). The Morgan fingerprint density at radius 2 is 2.00 bits per heavy atom. The Morgan fingerprint density at radius 1 is 1.24 bits per heavy atom. The lowest BCUT2D eigenvalue weighted by molar-refractivity contribution is 0.258. The van der Waals surface area contributed by atoms with Crippen molar-refractivity contribution in [2.24, 2.45) is 0 Å². The van der Waals surface area contributed by atoms with E-state index in [0.29, 0.717) is 5.82 Å². The Morgan fingerprint density at radius 3 is 2.65 bits per heavy atom. The van der Waals surface area contributed by atoms with Gasteiger partial charge in [-0.2, -0.15) is 0 Å². The zero-order valence-electron chi connectivity index (χ0n) is 9.37. The van der Waals surface area contributed by atoms with E-state index in [1.54, 1.807) is 13.2 Å². The van der Waals surface area contributed by atoms with Crippen molar-refractivity contribution in [3.63, 3.8) is 0 Å². The van der Waals surface area contributed by atoms with Gasteiger partial charge in [0.05, 0.1) is 6.20 Å². The van der Waals surface area contributed by atoms with E-state index >= 15 is 0 Å². The molecule has 1 aromatic heterocycles. The molecule has 0 bridgehead atoms. The van der Waals surface area contributed by atoms with Crippen LogP contribution in [-0.4, -0.2) is 23.0 Å². The number of urea groups is 1. The van der Waals surface area contributed by atoms with Crippen molar-refractivity contribution >= 4 is 17.5 Å². The smallest absolute Gasteiger partial charge is 0.297 e. The third kappa shape index (κ3) is 2.78. The Bertz CT molecular complexity index is 486. The molecule has 0 atom stereocenters. The van der Waals surface area contributed by atoms with Crippen LogP contribution in [0.1, 0.15) is 0 Å². The SMILES string of the molecule is CN(C(=O)Nc1cnccn1)c1ccccc1. The molecule has 5 nitrogen and oxygen atoms in total. The van der Waals surface area contributed by atoms with Crippen molar-refractivity contribution in [3.8, 4) is 0 Å². The highest BCUT2D eigenvalue weighted by molar-refractivity contribution is 6.00. The van der Waals surface area contributed by atoms with Gasteiger partial charge in [-0.05, 0) is 12.1 Å². The molecule has 0 aliphatic rings. The Balaban J connectivity index is 2.06. The minimum atomic E-state index is -0.253. The van der Waals surface area contributed by atoms with E-state index in [0.717, 1.165) is 5.69 Å². The first-order valence-corrected chi connectivity index (χ1v) is 5.13. The van der Waals surface area contributed by atoms with Gasteiger partial charge in [-0.3, -0.25) is 15.2 Å². The zero-order chi connectivity index (χ0) is 12.1. The number of carbonyl (C=O) groups excluding carboxylic acids is 1. The van der Waals surface area contributed by atoms with Gasteiger partial charge in [0.2, 0.25) is 0 Å². The standard InChI is InChI=1S/C12H12N4O/c1-16(10-5-3-2-4-6-10)12(17)15-11-9-13-7-8-14-11/h2-9H,1H3,(H,14,15,17). The number of para-hydroxylation sites is 1. The Labute approximate surface area is 99.1 Å². The average molecular weight is 228 g/mol. The van der Waals surface area contributed by atoms with Crippen LogP contribution >= 0.6 is 0 Å². The van der Waals surface area contributed by atoms with E-state index < -0.39 is 0 Å². The number of hydrogen-bond acceptors (Lipinski definition) is 3. The number of rotatable bonds is 2. The highest BCUT2D eigenvalue weighted by Crippen LogP contribution is 2.12. The number of aromatic nitrogens is 2. The molecular formula is C12H12N4O. The number of hydrogen-bond donors (Lipinski definition) is 1. The number of nitrogens with zero attached hydrogens (tertiary/aromatic N) is 3. The molecule has 0 unspecified atom stereocenters. The van der Waals surface area contributed by atoms with E-state index in [1.807, 2.05) is 30.3 Å². The summed E-state index contributed by atoms with van der Waals surface area (Å²) >= 11 is 0. The van der Waals surface area contributed by atoms with Crippen molar-refractivity contribution in [2.45, 2.75) is 0 Å². The minimum absolute atomic E-state index is 0.253. The maximum atomic E-state index is 11.9. The molecule has 2 aromatic rings. The topological polar surface area (TPSA) is 58.1 Å². The third-order valence-electron chi connectivity index (χ3n) is 2.25. The van der Waals surface area contributed by atoms with Crippen LogP contribution in [0.3, 0.4) is 0 Å². The molecule has 0 spiro atoms. The fourth-order valence-electron chi connectivity index (χ4n) is 1.33. The van der Waals surface area contributed by atoms with Gasteiger partial charge >= 0.3 is 6.03 Å². The van der Waals surface area contributed by atoms with Gasteiger partial charge in [0.15, 0.2) is 5.82 Å². The Kier molecular flexibility index (Phi) is 3.30. The van der Waals surface area contributed by atoms with Crippen molar-refractivity contribution in [3.05, 3.63) is 48.9 Å². The molecule has 0 saturated carbocycles. The predicted octanol–water partition coefficient (Wildman–Crippen LogP) is 2.14. The lowest BCUT2D eigenvalue weighted by atomic mass is 10.3. The number of anilines is 2. The lowest BCUT2D eigenvalue weighted by Gasteiger charge is -2.17. The first kappa shape index (κ1) is 11.1. The highest BCUT2D eigenvalue weighted by Gasteiger charge is 2.10. The van der Waals surface area contributed by atoms with Crippen LogP contribution < -0.4 is 10.2 Å². The lowest BCUT2D eigenvalue weighted by Crippen LogP contribution is -2.31. The molecule has 86 valence electrons. The van der Waals surface area contributed by atoms with Crippen LogP contribution in [0.15, 0.2) is 48.9 Å². The molecule has 0 saturated heterocycles. The molecule has 0 radical (unpaired) electrons. The normalized spacial score (nSPS) is 9.71. The molecule has 0 aliphatic carbocycles. The molecule has 0 aliphatic heterocycles. The van der Waals surface area contributed by atoms with Crippen molar-refractivity contribution < 1.29 is 4.79 Å². The first-order valence-electron chi connectivity index (χ1n) is 5.13. The molecular weight excluding hydrogens is 216 g/mol. The highest BCUT2D eigenvalue weighted by atomic mass is 16.2. The quantitative estimate of drug-likeness (QED) is 0.856. The molecule has 2 amide bonds. The number of nitrogens with one attached hydrogen (secondary N) is 1. The molecule has 1 N–H and O–H groups in total. The second-order valence-electron chi connectivity index (χ2n) is 3.42. The summed E-state index contributed by atoms with van der Waals surface area (Å²) in [7, 11) is 1.70. The van der Waals surface area contributed by atoms with Crippen LogP contribution in [0.25, 0.3) is 0 Å². The van der Waals surface area contributed by atoms with Gasteiger partial charge in [0.25, 0.3) is 0 Å². The Hall–Kier alpha value is -2.43. The fraction of sp³-hybridized carbons (Fsp3) is 0.0833. The van der Waals surface area contributed by atoms with Crippen LogP contribution in [0.2, 0.25) is 0 Å². The first-order chi connectivity index (χ1) is 8.27. The average Bonchev–Trinajstić information content (AvgIpc) is 2.40. The number of amides is 2. The van der Waals surface area contributed by atoms with E-state index in [4.69, 9.17) is 0 Å². The van der Waals surface area contributed by atoms with Crippen molar-refractivity contribution in [1.29, 1.82) is 0 Å². The number of benzene rings is 1. The van der Waals surface area contributed by atoms with Crippen LogP contribution in [0.4, 0.5) is 16.3 Å². The molecule has 5 heteroatoms. The van der Waals surface area contributed by atoms with E-state index in [1.165, 1.54) is 17.3 Å². The summed E-state index contributed by atoms with van der Waals surface area (Å²) in [5.74, 6) is 0.431. The largest absolute Gasteiger partial charge is 0.327 e. The summed E-state index contributed by atoms with van der Waals surface area (Å²) in [5.41, 5.74) is 0.814. The van der Waals surface area contributed by atoms with Gasteiger partial charge in [-0.15, -0.1) is 0 Å². The summed E-state index contributed by atoms with van der Waals surface area (Å²) in [6.07, 6.45) is 4.57. The van der Waals surface area contributed by atoms with E-state index in [9.17, 15) is 4.79 Å². The second-order valence-corrected chi connectivity index (χ2v) is 3.42. The maximum Gasteiger partial charge on any atom is 0.327 e. The minimum Gasteiger partial charge on any atom is -0.297 e. The van der Waals surface area contributed by atoms with Crippen molar-refractivity contribution in [2.75, 3.05) is 17.3 Å². The van der Waals surface area contributed by atoms with Gasteiger partial charge in [-0.25, -0.2) is 9.78 Å². The van der Waals surface area contributed by atoms with Gasteiger partial charge < -0.3 is 0 Å². The summed E-state index contributed by atoms with van der Waals surface area (Å²) in [5, 5.41) is 2.65. The van der Waals surface area contributed by atoms with E-state index in [2.05, 4.69) is 15.3 Å². The summed E-state index contributed by atoms with van der Waals surface area (Å²) in [6, 6.07) is 9.12. The van der Waals surface area contributed by atoms with Crippen LogP contribution in [0.5, 0.6) is 0 Å². The summed E-state index contributed by atoms with van der Waals surface area (Å²) in [6.45, 7) is 0. The van der Waals surface area contributed by atoms with E-state index in [-0.39, 0.29) is 6.03 Å². The fourth-order valence-corrected chi connectivity index (χ4v) is 1.33. The second kappa shape index (κ2) is 5.07. The summed E-state index contributed by atoms with van der Waals surface area (Å²) < 4.78 is 0.